The monoisotopic (exact) mass is 383 g/mol. The Morgan fingerprint density at radius 2 is 2.08 bits per heavy atom. The minimum absolute atomic E-state index is 0.0365. The van der Waals surface area contributed by atoms with Crippen LogP contribution in [-0.4, -0.2) is 76.0 Å². The van der Waals surface area contributed by atoms with Crippen LogP contribution in [0.5, 0.6) is 0 Å². The molecule has 26 heavy (non-hydrogen) atoms. The predicted molar refractivity (Wildman–Crippen MR) is 100 cm³/mol. The van der Waals surface area contributed by atoms with Crippen LogP contribution in [-0.2, 0) is 9.59 Å². The average molecular weight is 384 g/mol. The number of carbonyl (C=O) groups is 2. The van der Waals surface area contributed by atoms with Crippen molar-refractivity contribution in [1.82, 2.24) is 9.80 Å². The largest absolute Gasteiger partial charge is 0.477 e. The summed E-state index contributed by atoms with van der Waals surface area (Å²) in [6.07, 6.45) is 3.21. The number of carboxylic acids is 1. The van der Waals surface area contributed by atoms with Gasteiger partial charge in [-0.3, -0.25) is 4.79 Å². The molecular formula is C18H29N3O4S. The number of aliphatic hydroxyl groups is 1. The molecule has 2 saturated heterocycles. The summed E-state index contributed by atoms with van der Waals surface area (Å²) < 4.78 is 0. The number of thioether (sulfide) groups is 1. The molecule has 4 atom stereocenters. The molecule has 0 aromatic heterocycles. The van der Waals surface area contributed by atoms with Crippen molar-refractivity contribution in [2.75, 3.05) is 31.9 Å². The summed E-state index contributed by atoms with van der Waals surface area (Å²) in [4.78, 5) is 29.0. The molecule has 0 bridgehead atoms. The van der Waals surface area contributed by atoms with E-state index in [1.165, 1.54) is 17.7 Å². The number of aliphatic hydroxyl groups excluding tert-OH is 1. The highest BCUT2D eigenvalue weighted by Crippen LogP contribution is 2.52. The van der Waals surface area contributed by atoms with Gasteiger partial charge < -0.3 is 25.7 Å². The first kappa shape index (κ1) is 19.7. The SMILES string of the molecule is C[C@@H](O)[C@H]1C(=O)N2C(C(=O)O)=C(SCCN3CCCC3)[C@H](CCCN)[C@H]12. The fourth-order valence-corrected chi connectivity index (χ4v) is 5.84. The Morgan fingerprint density at radius 1 is 1.38 bits per heavy atom. The molecule has 3 aliphatic rings. The van der Waals surface area contributed by atoms with Gasteiger partial charge in [0, 0.05) is 23.1 Å². The molecular weight excluding hydrogens is 354 g/mol. The summed E-state index contributed by atoms with van der Waals surface area (Å²) >= 11 is 1.57. The Kier molecular flexibility index (Phi) is 6.27. The molecule has 4 N–H and O–H groups in total. The third-order valence-corrected chi connectivity index (χ3v) is 6.91. The second-order valence-electron chi connectivity index (χ2n) is 7.42. The van der Waals surface area contributed by atoms with E-state index < -0.39 is 18.0 Å². The molecule has 3 heterocycles. The maximum absolute atomic E-state index is 12.5. The highest BCUT2D eigenvalue weighted by Gasteiger charge is 2.60. The average Bonchev–Trinajstić information content (AvgIpc) is 3.18. The maximum Gasteiger partial charge on any atom is 0.353 e. The number of carboxylic acid groups (broad SMARTS) is 1. The standard InChI is InChI=1S/C18H29N3O4S/c1-11(22)13-14-12(5-4-6-19)16(15(18(24)25)21(14)17(13)23)26-10-9-20-7-2-3-8-20/h11-14,22H,2-10,19H2,1H3,(H,24,25)/t11-,12-,13-,14-/m1/s1. The summed E-state index contributed by atoms with van der Waals surface area (Å²) in [6, 6.07) is -0.241. The summed E-state index contributed by atoms with van der Waals surface area (Å²) in [5.74, 6) is -1.05. The van der Waals surface area contributed by atoms with Crippen LogP contribution < -0.4 is 5.73 Å². The Hall–Kier alpha value is -1.09. The number of amides is 1. The Bertz CT molecular complexity index is 589. The zero-order chi connectivity index (χ0) is 18.8. The summed E-state index contributed by atoms with van der Waals surface area (Å²) in [5, 5.41) is 19.8. The third-order valence-electron chi connectivity index (χ3n) is 5.72. The highest BCUT2D eigenvalue weighted by atomic mass is 32.2. The van der Waals surface area contributed by atoms with Gasteiger partial charge >= 0.3 is 5.97 Å². The first-order valence-corrected chi connectivity index (χ1v) is 10.5. The van der Waals surface area contributed by atoms with Gasteiger partial charge in [0.1, 0.15) is 5.70 Å². The lowest BCUT2D eigenvalue weighted by Gasteiger charge is -2.47. The van der Waals surface area contributed by atoms with Gasteiger partial charge in [-0.2, -0.15) is 0 Å². The molecule has 3 rings (SSSR count). The highest BCUT2D eigenvalue weighted by molar-refractivity contribution is 8.03. The maximum atomic E-state index is 12.5. The molecule has 3 aliphatic heterocycles. The molecule has 2 fully saturated rings. The quantitative estimate of drug-likeness (QED) is 0.503. The van der Waals surface area contributed by atoms with Crippen molar-refractivity contribution in [2.45, 2.75) is 44.8 Å². The first-order valence-electron chi connectivity index (χ1n) is 9.51. The van der Waals surface area contributed by atoms with Crippen molar-refractivity contribution < 1.29 is 19.8 Å². The molecule has 146 valence electrons. The van der Waals surface area contributed by atoms with Crippen LogP contribution in [0.2, 0.25) is 0 Å². The van der Waals surface area contributed by atoms with E-state index in [0.29, 0.717) is 6.54 Å². The van der Waals surface area contributed by atoms with Gasteiger partial charge in [-0.1, -0.05) is 0 Å². The van der Waals surface area contributed by atoms with E-state index in [1.54, 1.807) is 18.7 Å². The Labute approximate surface area is 158 Å². The fraction of sp³-hybridized carbons (Fsp3) is 0.778. The van der Waals surface area contributed by atoms with Crippen LogP contribution in [0.15, 0.2) is 10.6 Å². The van der Waals surface area contributed by atoms with Crippen molar-refractivity contribution in [3.63, 3.8) is 0 Å². The second-order valence-corrected chi connectivity index (χ2v) is 8.55. The van der Waals surface area contributed by atoms with Crippen LogP contribution in [0, 0.1) is 11.8 Å². The van der Waals surface area contributed by atoms with Crippen LogP contribution in [0.1, 0.15) is 32.6 Å². The number of β-lactam (4-membered cyclic amide) rings is 1. The van der Waals surface area contributed by atoms with Crippen molar-refractivity contribution in [2.24, 2.45) is 17.6 Å². The van der Waals surface area contributed by atoms with Gasteiger partial charge in [-0.15, -0.1) is 11.8 Å². The van der Waals surface area contributed by atoms with E-state index >= 15 is 0 Å². The van der Waals surface area contributed by atoms with Crippen molar-refractivity contribution in [3.8, 4) is 0 Å². The second kappa shape index (κ2) is 8.29. The van der Waals surface area contributed by atoms with Gasteiger partial charge in [0.25, 0.3) is 0 Å². The topological polar surface area (TPSA) is 107 Å². The summed E-state index contributed by atoms with van der Waals surface area (Å²) in [7, 11) is 0. The lowest BCUT2D eigenvalue weighted by Crippen LogP contribution is -2.63. The Morgan fingerprint density at radius 3 is 2.65 bits per heavy atom. The zero-order valence-electron chi connectivity index (χ0n) is 15.3. The number of rotatable bonds is 9. The van der Waals surface area contributed by atoms with Gasteiger partial charge in [0.2, 0.25) is 5.91 Å². The van der Waals surface area contributed by atoms with E-state index in [9.17, 15) is 19.8 Å². The predicted octanol–water partition coefficient (Wildman–Crippen LogP) is 0.688. The van der Waals surface area contributed by atoms with E-state index in [1.807, 2.05) is 0 Å². The molecule has 0 aliphatic carbocycles. The molecule has 8 heteroatoms. The van der Waals surface area contributed by atoms with E-state index in [2.05, 4.69) is 4.90 Å². The lowest BCUT2D eigenvalue weighted by atomic mass is 9.77. The van der Waals surface area contributed by atoms with Gasteiger partial charge in [-0.25, -0.2) is 4.79 Å². The van der Waals surface area contributed by atoms with E-state index in [4.69, 9.17) is 5.73 Å². The normalized spacial score (nSPS) is 29.9. The van der Waals surface area contributed by atoms with Crippen LogP contribution in [0.4, 0.5) is 0 Å². The van der Waals surface area contributed by atoms with Crippen molar-refractivity contribution >= 4 is 23.6 Å². The molecule has 0 unspecified atom stereocenters. The zero-order valence-corrected chi connectivity index (χ0v) is 16.1. The number of nitrogens with two attached hydrogens (primary N) is 1. The molecule has 0 aromatic carbocycles. The Balaban J connectivity index is 1.78. The van der Waals surface area contributed by atoms with Crippen molar-refractivity contribution in [1.29, 1.82) is 0 Å². The third kappa shape index (κ3) is 3.52. The minimum Gasteiger partial charge on any atom is -0.477 e. The summed E-state index contributed by atoms with van der Waals surface area (Å²) in [6.45, 7) is 5.30. The molecule has 0 radical (unpaired) electrons. The number of hydrogen-bond acceptors (Lipinski definition) is 6. The fourth-order valence-electron chi connectivity index (χ4n) is 4.48. The number of aliphatic carboxylic acids is 1. The molecule has 0 aromatic rings. The van der Waals surface area contributed by atoms with Crippen LogP contribution in [0.3, 0.4) is 0 Å². The number of likely N-dealkylation sites (tertiary alicyclic amines) is 1. The van der Waals surface area contributed by atoms with Gasteiger partial charge in [0.15, 0.2) is 0 Å². The number of nitrogens with zero attached hydrogens (tertiary/aromatic N) is 2. The number of fused-ring (bicyclic) bond motifs is 1. The van der Waals surface area contributed by atoms with Gasteiger partial charge in [0.05, 0.1) is 18.1 Å². The van der Waals surface area contributed by atoms with Crippen molar-refractivity contribution in [3.05, 3.63) is 10.6 Å². The minimum atomic E-state index is -1.05. The first-order chi connectivity index (χ1) is 12.5. The number of hydrogen-bond donors (Lipinski definition) is 3. The smallest absolute Gasteiger partial charge is 0.353 e. The van der Waals surface area contributed by atoms with Gasteiger partial charge in [-0.05, 0) is 52.2 Å². The van der Waals surface area contributed by atoms with Crippen LogP contribution >= 0.6 is 11.8 Å². The summed E-state index contributed by atoms with van der Waals surface area (Å²) in [5.41, 5.74) is 5.80. The number of carbonyl (C=O) groups excluding carboxylic acids is 1. The van der Waals surface area contributed by atoms with Crippen LogP contribution in [0.25, 0.3) is 0 Å². The molecule has 1 amide bonds. The molecule has 7 nitrogen and oxygen atoms in total. The molecule has 0 spiro atoms. The van der Waals surface area contributed by atoms with E-state index in [-0.39, 0.29) is 23.6 Å². The lowest BCUT2D eigenvalue weighted by molar-refractivity contribution is -0.163. The molecule has 0 saturated carbocycles. The van der Waals surface area contributed by atoms with E-state index in [0.717, 1.165) is 43.1 Å².